The van der Waals surface area contributed by atoms with Crippen LogP contribution in [0.3, 0.4) is 0 Å². The molecule has 6 rings (SSSR count). The van der Waals surface area contributed by atoms with Gasteiger partial charge in [0.15, 0.2) is 0 Å². The van der Waals surface area contributed by atoms with Crippen molar-refractivity contribution in [2.45, 2.75) is 0 Å². The Balaban J connectivity index is 1.42. The van der Waals surface area contributed by atoms with Gasteiger partial charge in [-0.25, -0.2) is 9.98 Å². The topological polar surface area (TPSA) is 59.6 Å². The molecule has 5 heteroatoms. The molecule has 1 aliphatic rings. The van der Waals surface area contributed by atoms with E-state index in [2.05, 4.69) is 4.99 Å². The highest BCUT2D eigenvalue weighted by atomic mass is 16.5. The van der Waals surface area contributed by atoms with Crippen LogP contribution in [-0.2, 0) is 0 Å². The molecule has 0 atom stereocenters. The first-order valence-electron chi connectivity index (χ1n) is 11.3. The maximum absolute atomic E-state index is 11.3. The molecule has 0 unspecified atom stereocenters. The van der Waals surface area contributed by atoms with Crippen LogP contribution in [0.2, 0.25) is 0 Å². The Labute approximate surface area is 202 Å². The molecule has 0 aliphatic carbocycles. The Morgan fingerprint density at radius 2 is 1.37 bits per heavy atom. The number of hydrogen-bond donors (Lipinski definition) is 1. The lowest BCUT2D eigenvalue weighted by Gasteiger charge is -2.11. The molecule has 5 aromatic rings. The van der Waals surface area contributed by atoms with Gasteiger partial charge < -0.3 is 9.84 Å². The highest BCUT2D eigenvalue weighted by molar-refractivity contribution is 5.71. The van der Waals surface area contributed by atoms with Gasteiger partial charge in [0.05, 0.1) is 16.7 Å². The van der Waals surface area contributed by atoms with Gasteiger partial charge in [0.25, 0.3) is 0 Å². The number of rotatable bonds is 5. The van der Waals surface area contributed by atoms with Crippen molar-refractivity contribution in [3.63, 3.8) is 0 Å². The second-order valence-corrected chi connectivity index (χ2v) is 8.14. The zero-order valence-electron chi connectivity index (χ0n) is 18.7. The highest BCUT2D eigenvalue weighted by Crippen LogP contribution is 2.33. The van der Waals surface area contributed by atoms with Crippen molar-refractivity contribution in [2.24, 2.45) is 4.99 Å². The predicted octanol–water partition coefficient (Wildman–Crippen LogP) is 5.49. The van der Waals surface area contributed by atoms with E-state index in [0.717, 1.165) is 33.3 Å². The minimum atomic E-state index is 0.0487. The highest BCUT2D eigenvalue weighted by Gasteiger charge is 2.19. The molecule has 0 amide bonds. The molecule has 0 radical (unpaired) electrons. The lowest BCUT2D eigenvalue weighted by molar-refractivity contribution is 0.442. The van der Waals surface area contributed by atoms with Crippen LogP contribution in [0.15, 0.2) is 120 Å². The van der Waals surface area contributed by atoms with Crippen molar-refractivity contribution in [3.8, 4) is 34.5 Å². The molecular formula is C30H21N3O2. The molecule has 0 bridgehead atoms. The molecule has 35 heavy (non-hydrogen) atoms. The largest absolute Gasteiger partial charge is 0.493 e. The molecule has 2 heterocycles. The third kappa shape index (κ3) is 4.11. The summed E-state index contributed by atoms with van der Waals surface area (Å²) in [6.07, 6.45) is 3.80. The van der Waals surface area contributed by atoms with Crippen LogP contribution in [0.5, 0.6) is 17.4 Å². The maximum Gasteiger partial charge on any atom is 0.224 e. The first-order chi connectivity index (χ1) is 17.2. The Bertz CT molecular complexity index is 1620. The van der Waals surface area contributed by atoms with Crippen LogP contribution in [0.25, 0.3) is 29.2 Å². The van der Waals surface area contributed by atoms with Gasteiger partial charge in [-0.1, -0.05) is 66.7 Å². The fourth-order valence-corrected chi connectivity index (χ4v) is 4.10. The Kier molecular flexibility index (Phi) is 5.20. The normalized spacial score (nSPS) is 13.2. The number of para-hydroxylation sites is 2. The summed E-state index contributed by atoms with van der Waals surface area (Å²) in [5.74, 6) is 2.16. The third-order valence-electron chi connectivity index (χ3n) is 5.76. The molecule has 4 aromatic carbocycles. The van der Waals surface area contributed by atoms with Crippen LogP contribution in [0, 0.1) is 0 Å². The van der Waals surface area contributed by atoms with E-state index in [0.29, 0.717) is 17.3 Å². The lowest BCUT2D eigenvalue weighted by Crippen LogP contribution is -2.19. The lowest BCUT2D eigenvalue weighted by atomic mass is 10.2. The molecule has 0 fully saturated rings. The summed E-state index contributed by atoms with van der Waals surface area (Å²) < 4.78 is 7.67. The van der Waals surface area contributed by atoms with Gasteiger partial charge in [-0.3, -0.25) is 4.57 Å². The molecule has 5 nitrogen and oxygen atoms in total. The number of fused-ring (bicyclic) bond motifs is 1. The second kappa shape index (κ2) is 8.80. The number of hydrogen-bond acceptors (Lipinski definition) is 4. The van der Waals surface area contributed by atoms with Crippen LogP contribution in [0.4, 0.5) is 0 Å². The van der Waals surface area contributed by atoms with E-state index >= 15 is 0 Å². The van der Waals surface area contributed by atoms with Gasteiger partial charge in [0.2, 0.25) is 5.88 Å². The third-order valence-corrected chi connectivity index (χ3v) is 5.76. The smallest absolute Gasteiger partial charge is 0.224 e. The van der Waals surface area contributed by atoms with E-state index in [1.54, 1.807) is 4.57 Å². The molecule has 0 saturated heterocycles. The van der Waals surface area contributed by atoms with Crippen molar-refractivity contribution in [2.75, 3.05) is 0 Å². The first kappa shape index (κ1) is 20.7. The standard InChI is InChI=1S/C30H21N3O2/c34-30-28(20-23-19-22-11-7-8-14-27(22)31-23)32-29(21-9-3-1-4-10-21)33(30)24-15-17-26(18-16-24)35-25-12-5-2-6-13-25/h1-20,34H/b23-20+. The minimum absolute atomic E-state index is 0.0487. The van der Waals surface area contributed by atoms with Gasteiger partial charge in [-0.05, 0) is 54.6 Å². The average molecular weight is 456 g/mol. The molecule has 1 aromatic heterocycles. The SMILES string of the molecule is Oc1c(/C=C2\C=c3ccccc3=N2)nc(-c2ccccc2)n1-c1ccc(Oc2ccccc2)cc1. The number of ether oxygens (including phenoxy) is 1. The van der Waals surface area contributed by atoms with E-state index in [1.165, 1.54) is 0 Å². The van der Waals surface area contributed by atoms with Crippen LogP contribution in [0.1, 0.15) is 5.69 Å². The van der Waals surface area contributed by atoms with Gasteiger partial charge in [0, 0.05) is 10.8 Å². The maximum atomic E-state index is 11.3. The second-order valence-electron chi connectivity index (χ2n) is 8.14. The summed E-state index contributed by atoms with van der Waals surface area (Å²) in [7, 11) is 0. The first-order valence-corrected chi connectivity index (χ1v) is 11.3. The summed E-state index contributed by atoms with van der Waals surface area (Å²) >= 11 is 0. The monoisotopic (exact) mass is 455 g/mol. The summed E-state index contributed by atoms with van der Waals surface area (Å²) in [6, 6.07) is 35.0. The van der Waals surface area contributed by atoms with Crippen LogP contribution in [-0.4, -0.2) is 14.7 Å². The Hall–Kier alpha value is -4.90. The summed E-state index contributed by atoms with van der Waals surface area (Å²) in [6.45, 7) is 0. The molecular weight excluding hydrogens is 434 g/mol. The fraction of sp³-hybridized carbons (Fsp3) is 0. The Morgan fingerprint density at radius 3 is 2.11 bits per heavy atom. The number of aromatic nitrogens is 2. The number of benzene rings is 4. The van der Waals surface area contributed by atoms with Gasteiger partial charge in [-0.2, -0.15) is 0 Å². The number of imidazole rings is 1. The van der Waals surface area contributed by atoms with E-state index in [9.17, 15) is 5.11 Å². The van der Waals surface area contributed by atoms with Gasteiger partial charge in [0.1, 0.15) is 23.0 Å². The van der Waals surface area contributed by atoms with Crippen molar-refractivity contribution in [1.29, 1.82) is 0 Å². The van der Waals surface area contributed by atoms with E-state index in [4.69, 9.17) is 9.72 Å². The van der Waals surface area contributed by atoms with Crippen molar-refractivity contribution in [1.82, 2.24) is 9.55 Å². The van der Waals surface area contributed by atoms with Crippen molar-refractivity contribution < 1.29 is 9.84 Å². The molecule has 168 valence electrons. The summed E-state index contributed by atoms with van der Waals surface area (Å²) in [4.78, 5) is 9.45. The zero-order chi connectivity index (χ0) is 23.6. The number of aromatic hydroxyl groups is 1. The molecule has 0 spiro atoms. The van der Waals surface area contributed by atoms with Gasteiger partial charge in [-0.15, -0.1) is 0 Å². The van der Waals surface area contributed by atoms with Gasteiger partial charge >= 0.3 is 0 Å². The molecule has 1 aliphatic heterocycles. The molecule has 1 N–H and O–H groups in total. The quantitative estimate of drug-likeness (QED) is 0.381. The summed E-state index contributed by atoms with van der Waals surface area (Å²) in [5, 5.41) is 13.2. The van der Waals surface area contributed by atoms with E-state index < -0.39 is 0 Å². The summed E-state index contributed by atoms with van der Waals surface area (Å²) in [5.41, 5.74) is 2.87. The zero-order valence-corrected chi connectivity index (χ0v) is 18.7. The van der Waals surface area contributed by atoms with Crippen molar-refractivity contribution in [3.05, 3.63) is 131 Å². The van der Waals surface area contributed by atoms with E-state index in [-0.39, 0.29) is 5.88 Å². The Morgan fingerprint density at radius 1 is 0.714 bits per heavy atom. The number of allylic oxidation sites excluding steroid dienone is 1. The molecule has 0 saturated carbocycles. The average Bonchev–Trinajstić information content (AvgIpc) is 3.46. The minimum Gasteiger partial charge on any atom is -0.493 e. The van der Waals surface area contributed by atoms with Crippen LogP contribution >= 0.6 is 0 Å². The number of nitrogens with zero attached hydrogens (tertiary/aromatic N) is 3. The predicted molar refractivity (Wildman–Crippen MR) is 137 cm³/mol. The van der Waals surface area contributed by atoms with Crippen molar-refractivity contribution >= 4 is 12.2 Å². The van der Waals surface area contributed by atoms with Crippen LogP contribution < -0.4 is 15.3 Å². The fourth-order valence-electron chi connectivity index (χ4n) is 4.10. The van der Waals surface area contributed by atoms with E-state index in [1.807, 2.05) is 121 Å².